The minimum atomic E-state index is -5.25. The molecule has 10 nitrogen and oxygen atoms in total. The third-order valence-corrected chi connectivity index (χ3v) is 7.28. The van der Waals surface area contributed by atoms with E-state index in [1.807, 2.05) is 0 Å². The Balaban J connectivity index is 1.64. The lowest BCUT2D eigenvalue weighted by Gasteiger charge is -2.33. The number of rotatable bonds is 6. The van der Waals surface area contributed by atoms with Gasteiger partial charge in [-0.2, -0.15) is 13.2 Å². The van der Waals surface area contributed by atoms with E-state index in [-0.39, 0.29) is 19.4 Å². The molecule has 4 amide bonds. The largest absolute Gasteiger partial charge is 0.471 e. The summed E-state index contributed by atoms with van der Waals surface area (Å²) in [4.78, 5) is 57.4. The highest BCUT2D eigenvalue weighted by atomic mass is 19.4. The summed E-state index contributed by atoms with van der Waals surface area (Å²) in [5.74, 6) is -4.76. The SMILES string of the molecule is CC(C)(C)[C@H](NC(=O)C(F)(F)F)C(=O)N[C@@H](Cc1cccc(F)c1)C(=O)N1C[C@]2(C[C@H]1N)C(=O)Nc1ncccc12. The number of likely N-dealkylation sites (tertiary alicyclic amines) is 1. The molecule has 5 N–H and O–H groups in total. The van der Waals surface area contributed by atoms with Crippen molar-refractivity contribution in [2.24, 2.45) is 11.1 Å². The number of aromatic nitrogens is 1. The van der Waals surface area contributed by atoms with Gasteiger partial charge in [-0.3, -0.25) is 19.2 Å². The monoisotopic (exact) mass is 578 g/mol. The van der Waals surface area contributed by atoms with Crippen LogP contribution in [0.25, 0.3) is 0 Å². The van der Waals surface area contributed by atoms with Gasteiger partial charge in [-0.1, -0.05) is 39.0 Å². The van der Waals surface area contributed by atoms with Crippen molar-refractivity contribution in [2.75, 3.05) is 11.9 Å². The number of anilines is 1. The van der Waals surface area contributed by atoms with Gasteiger partial charge < -0.3 is 26.6 Å². The van der Waals surface area contributed by atoms with E-state index in [1.54, 1.807) is 17.4 Å². The molecule has 0 saturated carbocycles. The molecule has 1 aromatic heterocycles. The predicted octanol–water partition coefficient (Wildman–Crippen LogP) is 1.75. The number of carbonyl (C=O) groups excluding carboxylic acids is 4. The molecule has 0 bridgehead atoms. The maximum atomic E-state index is 14.0. The number of hydrogen-bond acceptors (Lipinski definition) is 6. The highest BCUT2D eigenvalue weighted by molar-refractivity contribution is 6.06. The van der Waals surface area contributed by atoms with Gasteiger partial charge in [-0.25, -0.2) is 9.37 Å². The molecule has 41 heavy (non-hydrogen) atoms. The van der Waals surface area contributed by atoms with Crippen LogP contribution in [0.2, 0.25) is 0 Å². The first-order valence-electron chi connectivity index (χ1n) is 12.8. The Morgan fingerprint density at radius 2 is 1.88 bits per heavy atom. The Morgan fingerprint density at radius 3 is 2.51 bits per heavy atom. The van der Waals surface area contributed by atoms with E-state index in [0.717, 1.165) is 6.07 Å². The van der Waals surface area contributed by atoms with Crippen LogP contribution in [0.1, 0.15) is 38.3 Å². The number of nitrogens with one attached hydrogen (secondary N) is 3. The van der Waals surface area contributed by atoms with Crippen LogP contribution in [0.5, 0.6) is 0 Å². The fourth-order valence-corrected chi connectivity index (χ4v) is 5.22. The Morgan fingerprint density at radius 1 is 1.17 bits per heavy atom. The van der Waals surface area contributed by atoms with E-state index in [0.29, 0.717) is 16.9 Å². The van der Waals surface area contributed by atoms with Crippen molar-refractivity contribution >= 4 is 29.4 Å². The summed E-state index contributed by atoms with van der Waals surface area (Å²) < 4.78 is 53.0. The molecule has 0 unspecified atom stereocenters. The van der Waals surface area contributed by atoms with Crippen molar-refractivity contribution in [2.45, 2.75) is 63.5 Å². The van der Waals surface area contributed by atoms with Crippen molar-refractivity contribution < 1.29 is 36.7 Å². The van der Waals surface area contributed by atoms with E-state index in [1.165, 1.54) is 50.1 Å². The second kappa shape index (κ2) is 10.7. The van der Waals surface area contributed by atoms with Crippen molar-refractivity contribution in [3.63, 3.8) is 0 Å². The number of halogens is 4. The highest BCUT2D eigenvalue weighted by Gasteiger charge is 2.56. The summed E-state index contributed by atoms with van der Waals surface area (Å²) in [6, 6.07) is 5.49. The molecular weight excluding hydrogens is 548 g/mol. The summed E-state index contributed by atoms with van der Waals surface area (Å²) >= 11 is 0. The van der Waals surface area contributed by atoms with Gasteiger partial charge in [-0.05, 0) is 29.2 Å². The molecule has 1 saturated heterocycles. The van der Waals surface area contributed by atoms with Gasteiger partial charge in [0, 0.05) is 31.1 Å². The quantitative estimate of drug-likeness (QED) is 0.384. The van der Waals surface area contributed by atoms with Gasteiger partial charge in [-0.15, -0.1) is 0 Å². The maximum Gasteiger partial charge on any atom is 0.471 e. The number of hydrogen-bond donors (Lipinski definition) is 4. The summed E-state index contributed by atoms with van der Waals surface area (Å²) in [6.07, 6.45) is -4.90. The maximum absolute atomic E-state index is 14.0. The van der Waals surface area contributed by atoms with Gasteiger partial charge in [0.1, 0.15) is 23.7 Å². The Bertz CT molecular complexity index is 1380. The number of nitrogens with two attached hydrogens (primary N) is 1. The fourth-order valence-electron chi connectivity index (χ4n) is 5.22. The van der Waals surface area contributed by atoms with Crippen LogP contribution in [0.15, 0.2) is 42.6 Å². The molecule has 2 aliphatic rings. The summed E-state index contributed by atoms with van der Waals surface area (Å²) in [5, 5.41) is 6.85. The first kappa shape index (κ1) is 29.9. The summed E-state index contributed by atoms with van der Waals surface area (Å²) in [5.41, 5.74) is 4.82. The summed E-state index contributed by atoms with van der Waals surface area (Å²) in [7, 11) is 0. The third kappa shape index (κ3) is 6.01. The number of fused-ring (bicyclic) bond motifs is 2. The van der Waals surface area contributed by atoms with Gasteiger partial charge in [0.2, 0.25) is 17.7 Å². The van der Waals surface area contributed by atoms with E-state index < -0.39 is 64.7 Å². The Labute approximate surface area is 233 Å². The zero-order valence-corrected chi connectivity index (χ0v) is 22.5. The van der Waals surface area contributed by atoms with Gasteiger partial charge >= 0.3 is 12.1 Å². The molecule has 1 spiro atoms. The van der Waals surface area contributed by atoms with Crippen molar-refractivity contribution in [1.82, 2.24) is 20.5 Å². The minimum Gasteiger partial charge on any atom is -0.342 e. The zero-order chi connectivity index (χ0) is 30.3. The standard InChI is InChI=1S/C27H30F4N6O4/c1-25(2,3)19(35-24(41)27(29,30)31)21(38)34-17(11-14-6-4-7-15(28)10-14)22(39)37-13-26(12-18(37)32)16-8-5-9-33-20(16)36-23(26)40/h4-10,17-19H,11-13,32H2,1-3H3,(H,34,38)(H,35,41)(H,33,36,40)/t17-,18-,19+,26-/m0/s1. The second-order valence-corrected chi connectivity index (χ2v) is 11.3. The average molecular weight is 579 g/mol. The van der Waals surface area contributed by atoms with Crippen LogP contribution >= 0.6 is 0 Å². The third-order valence-electron chi connectivity index (χ3n) is 7.28. The average Bonchev–Trinajstić information content (AvgIpc) is 3.36. The molecule has 0 radical (unpaired) electrons. The van der Waals surface area contributed by atoms with Crippen LogP contribution in [0, 0.1) is 11.2 Å². The van der Waals surface area contributed by atoms with Crippen LogP contribution in [0.3, 0.4) is 0 Å². The lowest BCUT2D eigenvalue weighted by molar-refractivity contribution is -0.175. The van der Waals surface area contributed by atoms with Gasteiger partial charge in [0.25, 0.3) is 0 Å². The first-order chi connectivity index (χ1) is 19.0. The number of amides is 4. The number of pyridine rings is 1. The molecule has 0 aliphatic carbocycles. The Hall–Kier alpha value is -4.07. The van der Waals surface area contributed by atoms with Crippen molar-refractivity contribution in [3.05, 3.63) is 59.5 Å². The Kier molecular flexibility index (Phi) is 7.82. The van der Waals surface area contributed by atoms with E-state index in [2.05, 4.69) is 15.6 Å². The van der Waals surface area contributed by atoms with E-state index >= 15 is 0 Å². The van der Waals surface area contributed by atoms with Crippen LogP contribution in [-0.2, 0) is 31.0 Å². The summed E-state index contributed by atoms with van der Waals surface area (Å²) in [6.45, 7) is 4.19. The molecule has 2 aromatic rings. The van der Waals surface area contributed by atoms with Crippen LogP contribution < -0.4 is 21.7 Å². The normalized spacial score (nSPS) is 21.7. The first-order valence-corrected chi connectivity index (χ1v) is 12.8. The van der Waals surface area contributed by atoms with Crippen molar-refractivity contribution in [1.29, 1.82) is 0 Å². The zero-order valence-electron chi connectivity index (χ0n) is 22.5. The molecular formula is C27H30F4N6O4. The van der Waals surface area contributed by atoms with E-state index in [9.17, 15) is 36.7 Å². The number of nitrogens with zero attached hydrogens (tertiary/aromatic N) is 2. The second-order valence-electron chi connectivity index (χ2n) is 11.3. The number of alkyl halides is 3. The van der Waals surface area contributed by atoms with Crippen molar-refractivity contribution in [3.8, 4) is 0 Å². The topological polar surface area (TPSA) is 147 Å². The molecule has 1 aromatic carbocycles. The molecule has 1 fully saturated rings. The van der Waals surface area contributed by atoms with E-state index in [4.69, 9.17) is 5.73 Å². The molecule has 4 rings (SSSR count). The molecule has 14 heteroatoms. The van der Waals surface area contributed by atoms with Gasteiger partial charge in [0.05, 0.1) is 11.6 Å². The number of carbonyl (C=O) groups is 4. The smallest absolute Gasteiger partial charge is 0.342 e. The molecule has 220 valence electrons. The molecule has 2 aliphatic heterocycles. The lowest BCUT2D eigenvalue weighted by atomic mass is 9.81. The lowest BCUT2D eigenvalue weighted by Crippen LogP contribution is -2.60. The van der Waals surface area contributed by atoms with Gasteiger partial charge in [0.15, 0.2) is 0 Å². The predicted molar refractivity (Wildman–Crippen MR) is 138 cm³/mol. The highest BCUT2D eigenvalue weighted by Crippen LogP contribution is 2.44. The fraction of sp³-hybridized carbons (Fsp3) is 0.444. The van der Waals surface area contributed by atoms with Crippen LogP contribution in [0.4, 0.5) is 23.4 Å². The van der Waals surface area contributed by atoms with Crippen LogP contribution in [-0.4, -0.2) is 64.5 Å². The molecule has 3 heterocycles. The number of benzene rings is 1. The minimum absolute atomic E-state index is 0.0517. The molecule has 4 atom stereocenters.